The molecule has 1 amide bonds. The SMILES string of the molecule is CC(=O)N[C@H]1[C@H](OCc2cn([C@@H]3O[C@H](CO)[C@@H](O)[C@H](O)[C@H]3O)nn2)O[C@H](CO)[C@@H](O)[C@@H]1O. The molecule has 2 saturated heterocycles. The van der Waals surface area contributed by atoms with Crippen molar-refractivity contribution in [2.45, 2.75) is 74.8 Å². The summed E-state index contributed by atoms with van der Waals surface area (Å²) in [6.07, 6.45) is -11.0. The van der Waals surface area contributed by atoms with Crippen LogP contribution in [-0.4, -0.2) is 125 Å². The molecule has 15 heteroatoms. The Labute approximate surface area is 181 Å². The fourth-order valence-corrected chi connectivity index (χ4v) is 3.58. The lowest BCUT2D eigenvalue weighted by Gasteiger charge is -2.42. The van der Waals surface area contributed by atoms with Gasteiger partial charge in [-0.2, -0.15) is 0 Å². The summed E-state index contributed by atoms with van der Waals surface area (Å²) < 4.78 is 17.5. The lowest BCUT2D eigenvalue weighted by Crippen LogP contribution is -2.64. The molecule has 10 atom stereocenters. The Hall–Kier alpha value is -1.79. The summed E-state index contributed by atoms with van der Waals surface area (Å²) in [6.45, 7) is -0.243. The number of nitrogens with zero attached hydrogens (tertiary/aromatic N) is 3. The van der Waals surface area contributed by atoms with Gasteiger partial charge in [0.25, 0.3) is 0 Å². The van der Waals surface area contributed by atoms with Gasteiger partial charge in [-0.05, 0) is 0 Å². The Kier molecular flexibility index (Phi) is 8.10. The number of aliphatic hydroxyl groups is 7. The molecule has 0 radical (unpaired) electrons. The minimum Gasteiger partial charge on any atom is -0.394 e. The third kappa shape index (κ3) is 5.07. The number of hydrogen-bond acceptors (Lipinski definition) is 13. The largest absolute Gasteiger partial charge is 0.394 e. The number of carbonyl (C=O) groups is 1. The summed E-state index contributed by atoms with van der Waals surface area (Å²) in [6, 6.07) is -1.13. The second kappa shape index (κ2) is 10.4. The van der Waals surface area contributed by atoms with Crippen LogP contribution in [0, 0.1) is 0 Å². The van der Waals surface area contributed by atoms with Crippen molar-refractivity contribution in [3.05, 3.63) is 11.9 Å². The molecule has 0 unspecified atom stereocenters. The van der Waals surface area contributed by atoms with Crippen molar-refractivity contribution in [2.75, 3.05) is 13.2 Å². The number of aliphatic hydroxyl groups excluding tert-OH is 7. The van der Waals surface area contributed by atoms with E-state index in [1.807, 2.05) is 0 Å². The average molecular weight is 464 g/mol. The van der Waals surface area contributed by atoms with Crippen molar-refractivity contribution in [2.24, 2.45) is 0 Å². The highest BCUT2D eigenvalue weighted by atomic mass is 16.7. The summed E-state index contributed by atoms with van der Waals surface area (Å²) in [5, 5.41) is 79.0. The first kappa shape index (κ1) is 24.8. The van der Waals surface area contributed by atoms with Crippen LogP contribution in [0.25, 0.3) is 0 Å². The molecule has 2 fully saturated rings. The van der Waals surface area contributed by atoms with E-state index in [9.17, 15) is 40.5 Å². The lowest BCUT2D eigenvalue weighted by atomic mass is 9.97. The average Bonchev–Trinajstić information content (AvgIpc) is 3.23. The normalized spacial score (nSPS) is 40.2. The lowest BCUT2D eigenvalue weighted by molar-refractivity contribution is -0.273. The van der Waals surface area contributed by atoms with Crippen molar-refractivity contribution in [1.29, 1.82) is 0 Å². The summed E-state index contributed by atoms with van der Waals surface area (Å²) in [4.78, 5) is 11.5. The zero-order chi connectivity index (χ0) is 23.6. The Morgan fingerprint density at radius 3 is 2.28 bits per heavy atom. The topological polar surface area (TPSA) is 229 Å². The van der Waals surface area contributed by atoms with Crippen LogP contribution in [0.2, 0.25) is 0 Å². The number of rotatable bonds is 7. The highest BCUT2D eigenvalue weighted by molar-refractivity contribution is 5.73. The van der Waals surface area contributed by atoms with E-state index in [2.05, 4.69) is 15.6 Å². The van der Waals surface area contributed by atoms with Crippen molar-refractivity contribution in [1.82, 2.24) is 20.3 Å². The van der Waals surface area contributed by atoms with Gasteiger partial charge in [0.2, 0.25) is 5.91 Å². The predicted octanol–water partition coefficient (Wildman–Crippen LogP) is -5.29. The highest BCUT2D eigenvalue weighted by Gasteiger charge is 2.46. The highest BCUT2D eigenvalue weighted by Crippen LogP contribution is 2.28. The van der Waals surface area contributed by atoms with E-state index in [1.165, 1.54) is 13.1 Å². The monoisotopic (exact) mass is 464 g/mol. The molecule has 8 N–H and O–H groups in total. The third-order valence-corrected chi connectivity index (χ3v) is 5.33. The van der Waals surface area contributed by atoms with E-state index >= 15 is 0 Å². The molecule has 1 aromatic heterocycles. The maximum atomic E-state index is 11.5. The Morgan fingerprint density at radius 2 is 1.66 bits per heavy atom. The number of ether oxygens (including phenoxy) is 3. The first-order chi connectivity index (χ1) is 15.2. The smallest absolute Gasteiger partial charge is 0.217 e. The van der Waals surface area contributed by atoms with Crippen LogP contribution < -0.4 is 5.32 Å². The van der Waals surface area contributed by atoms with Crippen LogP contribution in [0.1, 0.15) is 18.8 Å². The number of carbonyl (C=O) groups excluding carboxylic acids is 1. The predicted molar refractivity (Wildman–Crippen MR) is 99.2 cm³/mol. The molecule has 0 aliphatic carbocycles. The van der Waals surface area contributed by atoms with Gasteiger partial charge in [0.1, 0.15) is 54.5 Å². The van der Waals surface area contributed by atoms with E-state index in [4.69, 9.17) is 14.2 Å². The minimum atomic E-state index is -1.59. The maximum Gasteiger partial charge on any atom is 0.217 e. The van der Waals surface area contributed by atoms with Crippen LogP contribution in [0.3, 0.4) is 0 Å². The fraction of sp³-hybridized carbons (Fsp3) is 0.824. The first-order valence-electron chi connectivity index (χ1n) is 9.90. The summed E-state index contributed by atoms with van der Waals surface area (Å²) >= 11 is 0. The second-order valence-corrected chi connectivity index (χ2v) is 7.65. The molecule has 0 spiro atoms. The molecule has 3 heterocycles. The van der Waals surface area contributed by atoms with Gasteiger partial charge in [-0.25, -0.2) is 4.68 Å². The molecule has 2 aliphatic rings. The molecule has 0 aromatic carbocycles. The standard InChI is InChI=1S/C17H28N4O11/c1-6(24)18-10-13(27)11(25)9(4-23)32-17(10)30-5-7-2-21(20-19-7)16-15(29)14(28)12(26)8(3-22)31-16/h2,8-17,22-23,25-29H,3-5H2,1H3,(H,18,24)/t8-,9-,10-,11-,12-,13-,14+,15-,16-,17-/m1/s1. The second-order valence-electron chi connectivity index (χ2n) is 7.65. The molecule has 0 bridgehead atoms. The van der Waals surface area contributed by atoms with Crippen LogP contribution in [0.4, 0.5) is 0 Å². The number of hydrogen-bond donors (Lipinski definition) is 8. The van der Waals surface area contributed by atoms with Crippen molar-refractivity contribution < 1.29 is 54.8 Å². The summed E-state index contributed by atoms with van der Waals surface area (Å²) in [5.74, 6) is -0.505. The summed E-state index contributed by atoms with van der Waals surface area (Å²) in [5.41, 5.74) is 0.202. The van der Waals surface area contributed by atoms with Gasteiger partial charge in [-0.3, -0.25) is 4.79 Å². The Morgan fingerprint density at radius 1 is 1.03 bits per heavy atom. The number of aromatic nitrogens is 3. The van der Waals surface area contributed by atoms with Crippen molar-refractivity contribution in [3.8, 4) is 0 Å². The van der Waals surface area contributed by atoms with Gasteiger partial charge in [-0.1, -0.05) is 5.21 Å². The van der Waals surface area contributed by atoms with Crippen molar-refractivity contribution in [3.63, 3.8) is 0 Å². The first-order valence-corrected chi connectivity index (χ1v) is 9.90. The third-order valence-electron chi connectivity index (χ3n) is 5.33. The number of amides is 1. The molecular formula is C17H28N4O11. The Bertz CT molecular complexity index is 765. The van der Waals surface area contributed by atoms with E-state index in [0.717, 1.165) is 4.68 Å². The molecular weight excluding hydrogens is 436 g/mol. The van der Waals surface area contributed by atoms with Gasteiger partial charge in [-0.15, -0.1) is 5.10 Å². The molecule has 2 aliphatic heterocycles. The van der Waals surface area contributed by atoms with Crippen LogP contribution in [-0.2, 0) is 25.6 Å². The minimum absolute atomic E-state index is 0.202. The molecule has 15 nitrogen and oxygen atoms in total. The number of nitrogens with one attached hydrogen (secondary N) is 1. The molecule has 0 saturated carbocycles. The Balaban J connectivity index is 1.68. The quantitative estimate of drug-likeness (QED) is 0.189. The maximum absolute atomic E-state index is 11.5. The molecule has 32 heavy (non-hydrogen) atoms. The van der Waals surface area contributed by atoms with Gasteiger partial charge in [0.05, 0.1) is 26.0 Å². The molecule has 182 valence electrons. The van der Waals surface area contributed by atoms with E-state index < -0.39 is 80.4 Å². The van der Waals surface area contributed by atoms with E-state index in [1.54, 1.807) is 0 Å². The van der Waals surface area contributed by atoms with Crippen LogP contribution >= 0.6 is 0 Å². The summed E-state index contributed by atoms with van der Waals surface area (Å²) in [7, 11) is 0. The van der Waals surface area contributed by atoms with E-state index in [-0.39, 0.29) is 12.3 Å². The van der Waals surface area contributed by atoms with Crippen LogP contribution in [0.15, 0.2) is 6.20 Å². The van der Waals surface area contributed by atoms with Gasteiger partial charge in [0, 0.05) is 6.92 Å². The van der Waals surface area contributed by atoms with Gasteiger partial charge >= 0.3 is 0 Å². The fourth-order valence-electron chi connectivity index (χ4n) is 3.58. The van der Waals surface area contributed by atoms with E-state index in [0.29, 0.717) is 0 Å². The zero-order valence-corrected chi connectivity index (χ0v) is 17.1. The zero-order valence-electron chi connectivity index (χ0n) is 17.1. The molecule has 3 rings (SSSR count). The van der Waals surface area contributed by atoms with Gasteiger partial charge in [0.15, 0.2) is 12.5 Å². The van der Waals surface area contributed by atoms with Gasteiger partial charge < -0.3 is 55.3 Å². The molecule has 1 aromatic rings. The van der Waals surface area contributed by atoms with Crippen molar-refractivity contribution >= 4 is 5.91 Å². The van der Waals surface area contributed by atoms with Crippen LogP contribution in [0.5, 0.6) is 0 Å².